The Morgan fingerprint density at radius 3 is 2.55 bits per heavy atom. The zero-order valence-electron chi connectivity index (χ0n) is 12.7. The van der Waals surface area contributed by atoms with E-state index in [-0.39, 0.29) is 18.2 Å². The largest absolute Gasteiger partial charge is 0.444 e. The highest BCUT2D eigenvalue weighted by atomic mass is 16.6. The Balaban J connectivity index is 2.65. The molecule has 0 radical (unpaired) electrons. The number of carbonyl (C=O) groups is 3. The molecule has 1 atom stereocenters. The number of nitrogens with zero attached hydrogens (tertiary/aromatic N) is 1. The lowest BCUT2D eigenvalue weighted by atomic mass is 10.1. The van der Waals surface area contributed by atoms with E-state index < -0.39 is 17.7 Å². The molecule has 20 heavy (non-hydrogen) atoms. The molecule has 6 nitrogen and oxygen atoms in total. The molecule has 1 heterocycles. The van der Waals surface area contributed by atoms with Crippen LogP contribution in [0.3, 0.4) is 0 Å². The quantitative estimate of drug-likeness (QED) is 0.851. The van der Waals surface area contributed by atoms with Gasteiger partial charge in [0.15, 0.2) is 0 Å². The summed E-state index contributed by atoms with van der Waals surface area (Å²) in [7, 11) is 0. The molecule has 1 aliphatic rings. The van der Waals surface area contributed by atoms with E-state index in [9.17, 15) is 14.4 Å². The fourth-order valence-corrected chi connectivity index (χ4v) is 2.11. The van der Waals surface area contributed by atoms with Gasteiger partial charge in [-0.05, 0) is 47.0 Å². The highest BCUT2D eigenvalue weighted by Gasteiger charge is 2.30. The first kappa shape index (κ1) is 16.5. The summed E-state index contributed by atoms with van der Waals surface area (Å²) in [5.41, 5.74) is -0.600. The molecule has 0 aromatic rings. The molecule has 1 rings (SSSR count). The van der Waals surface area contributed by atoms with Gasteiger partial charge in [0.25, 0.3) is 0 Å². The fourth-order valence-electron chi connectivity index (χ4n) is 2.11. The maximum absolute atomic E-state index is 12.3. The van der Waals surface area contributed by atoms with Crippen molar-refractivity contribution in [2.24, 2.45) is 0 Å². The normalized spacial score (nSPS) is 20.3. The Labute approximate surface area is 119 Å². The van der Waals surface area contributed by atoms with Gasteiger partial charge in [-0.15, -0.1) is 0 Å². The van der Waals surface area contributed by atoms with E-state index in [1.165, 1.54) is 11.8 Å². The average Bonchev–Trinajstić information content (AvgIpc) is 2.41. The van der Waals surface area contributed by atoms with Gasteiger partial charge in [0.05, 0.1) is 6.54 Å². The lowest BCUT2D eigenvalue weighted by molar-refractivity contribution is -0.136. The lowest BCUT2D eigenvalue weighted by Gasteiger charge is -2.25. The van der Waals surface area contributed by atoms with Crippen LogP contribution in [0.5, 0.6) is 0 Å². The number of ketones is 1. The minimum Gasteiger partial charge on any atom is -0.444 e. The van der Waals surface area contributed by atoms with Crippen LogP contribution in [-0.2, 0) is 14.3 Å². The van der Waals surface area contributed by atoms with Crippen molar-refractivity contribution in [3.05, 3.63) is 0 Å². The molecule has 0 aromatic carbocycles. The van der Waals surface area contributed by atoms with Gasteiger partial charge in [-0.25, -0.2) is 4.79 Å². The fraction of sp³-hybridized carbons (Fsp3) is 0.786. The van der Waals surface area contributed by atoms with Gasteiger partial charge in [-0.3, -0.25) is 9.59 Å². The summed E-state index contributed by atoms with van der Waals surface area (Å²) in [4.78, 5) is 36.7. The third-order valence-electron chi connectivity index (χ3n) is 2.89. The zero-order chi connectivity index (χ0) is 15.3. The van der Waals surface area contributed by atoms with Crippen molar-refractivity contribution in [2.75, 3.05) is 13.1 Å². The maximum atomic E-state index is 12.3. The molecule has 0 saturated carbocycles. The van der Waals surface area contributed by atoms with E-state index in [1.807, 2.05) is 0 Å². The standard InChI is InChI=1S/C14H24N2O4/c1-10(17)9-16-8-6-5-7-11(12(16)18)15-13(19)20-14(2,3)4/h11H,5-9H2,1-4H3,(H,15,19). The number of amides is 2. The van der Waals surface area contributed by atoms with Gasteiger partial charge in [-0.1, -0.05) is 0 Å². The number of carbonyl (C=O) groups excluding carboxylic acids is 3. The van der Waals surface area contributed by atoms with Crippen molar-refractivity contribution in [1.29, 1.82) is 0 Å². The summed E-state index contributed by atoms with van der Waals surface area (Å²) in [5.74, 6) is -0.264. The number of hydrogen-bond donors (Lipinski definition) is 1. The van der Waals surface area contributed by atoms with Crippen molar-refractivity contribution in [1.82, 2.24) is 10.2 Å². The van der Waals surface area contributed by atoms with E-state index in [0.29, 0.717) is 13.0 Å². The molecule has 1 unspecified atom stereocenters. The zero-order valence-corrected chi connectivity index (χ0v) is 12.7. The molecule has 1 fully saturated rings. The Bertz CT molecular complexity index is 387. The van der Waals surface area contributed by atoms with Gasteiger partial charge >= 0.3 is 6.09 Å². The van der Waals surface area contributed by atoms with Gasteiger partial charge in [-0.2, -0.15) is 0 Å². The van der Waals surface area contributed by atoms with Crippen LogP contribution in [0.4, 0.5) is 4.79 Å². The minimum atomic E-state index is -0.605. The summed E-state index contributed by atoms with van der Waals surface area (Å²) in [5, 5.41) is 2.60. The first-order chi connectivity index (χ1) is 9.19. The Morgan fingerprint density at radius 1 is 1.35 bits per heavy atom. The smallest absolute Gasteiger partial charge is 0.408 e. The van der Waals surface area contributed by atoms with Gasteiger partial charge in [0.1, 0.15) is 17.4 Å². The van der Waals surface area contributed by atoms with Crippen LogP contribution in [0.2, 0.25) is 0 Å². The molecular weight excluding hydrogens is 260 g/mol. The Hall–Kier alpha value is -1.59. The second kappa shape index (κ2) is 6.72. The van der Waals surface area contributed by atoms with E-state index in [2.05, 4.69) is 5.32 Å². The van der Waals surface area contributed by atoms with Crippen LogP contribution in [0.25, 0.3) is 0 Å². The van der Waals surface area contributed by atoms with E-state index >= 15 is 0 Å². The van der Waals surface area contributed by atoms with Crippen LogP contribution >= 0.6 is 0 Å². The first-order valence-corrected chi connectivity index (χ1v) is 6.97. The monoisotopic (exact) mass is 284 g/mol. The Morgan fingerprint density at radius 2 is 2.00 bits per heavy atom. The molecule has 6 heteroatoms. The lowest BCUT2D eigenvalue weighted by Crippen LogP contribution is -2.49. The van der Waals surface area contributed by atoms with E-state index in [1.54, 1.807) is 20.8 Å². The second-order valence-corrected chi connectivity index (χ2v) is 6.16. The van der Waals surface area contributed by atoms with E-state index in [0.717, 1.165) is 12.8 Å². The van der Waals surface area contributed by atoms with Gasteiger partial charge < -0.3 is 15.0 Å². The van der Waals surface area contributed by atoms with Gasteiger partial charge in [0.2, 0.25) is 5.91 Å². The average molecular weight is 284 g/mol. The van der Waals surface area contributed by atoms with Crippen molar-refractivity contribution in [3.63, 3.8) is 0 Å². The van der Waals surface area contributed by atoms with Crippen molar-refractivity contribution < 1.29 is 19.1 Å². The van der Waals surface area contributed by atoms with Crippen LogP contribution in [0.1, 0.15) is 47.0 Å². The number of alkyl carbamates (subject to hydrolysis) is 1. The second-order valence-electron chi connectivity index (χ2n) is 6.16. The highest BCUT2D eigenvalue weighted by Crippen LogP contribution is 2.13. The molecule has 0 aromatic heterocycles. The van der Waals surface area contributed by atoms with Crippen molar-refractivity contribution in [3.8, 4) is 0 Å². The topological polar surface area (TPSA) is 75.7 Å². The molecule has 1 saturated heterocycles. The van der Waals surface area contributed by atoms with Crippen LogP contribution < -0.4 is 5.32 Å². The van der Waals surface area contributed by atoms with Crippen LogP contribution in [-0.4, -0.2) is 47.4 Å². The summed E-state index contributed by atoms with van der Waals surface area (Å²) in [6.07, 6.45) is 1.65. The first-order valence-electron chi connectivity index (χ1n) is 6.97. The summed E-state index contributed by atoms with van der Waals surface area (Å²) >= 11 is 0. The van der Waals surface area contributed by atoms with Crippen LogP contribution in [0.15, 0.2) is 0 Å². The molecule has 0 aliphatic carbocycles. The van der Waals surface area contributed by atoms with Crippen LogP contribution in [0, 0.1) is 0 Å². The number of rotatable bonds is 3. The number of hydrogen-bond acceptors (Lipinski definition) is 4. The summed E-state index contributed by atoms with van der Waals surface area (Å²) < 4.78 is 5.16. The minimum absolute atomic E-state index is 0.0590. The van der Waals surface area contributed by atoms with Gasteiger partial charge in [0, 0.05) is 6.54 Å². The third kappa shape index (κ3) is 5.59. The number of Topliss-reactive ketones (excluding diaryl/α,β-unsaturated/α-hetero) is 1. The molecule has 0 spiro atoms. The van der Waals surface area contributed by atoms with Crippen molar-refractivity contribution >= 4 is 17.8 Å². The van der Waals surface area contributed by atoms with Crippen molar-refractivity contribution in [2.45, 2.75) is 58.6 Å². The maximum Gasteiger partial charge on any atom is 0.408 e. The number of likely N-dealkylation sites (tertiary alicyclic amines) is 1. The Kier molecular flexibility index (Phi) is 5.53. The predicted molar refractivity (Wildman–Crippen MR) is 74.3 cm³/mol. The predicted octanol–water partition coefficient (Wildman–Crippen LogP) is 1.48. The molecule has 1 N–H and O–H groups in total. The molecular formula is C14H24N2O4. The number of nitrogens with one attached hydrogen (secondary N) is 1. The number of ether oxygens (including phenoxy) is 1. The highest BCUT2D eigenvalue weighted by molar-refractivity contribution is 5.89. The molecule has 0 bridgehead atoms. The molecule has 1 aliphatic heterocycles. The summed E-state index contributed by atoms with van der Waals surface area (Å²) in [6.45, 7) is 7.42. The van der Waals surface area contributed by atoms with E-state index in [4.69, 9.17) is 4.74 Å². The third-order valence-corrected chi connectivity index (χ3v) is 2.89. The summed E-state index contributed by atoms with van der Waals surface area (Å²) in [6, 6.07) is -0.605. The molecule has 114 valence electrons. The molecule has 2 amide bonds. The SMILES string of the molecule is CC(=O)CN1CCCCC(NC(=O)OC(C)(C)C)C1=O.